The lowest BCUT2D eigenvalue weighted by molar-refractivity contribution is -0.141. The van der Waals surface area contributed by atoms with Gasteiger partial charge in [-0.15, -0.1) is 0 Å². The summed E-state index contributed by atoms with van der Waals surface area (Å²) in [6, 6.07) is 7.32. The number of nitrogens with one attached hydrogen (secondary N) is 2. The van der Waals surface area contributed by atoms with E-state index in [2.05, 4.69) is 24.3 Å². The molecule has 2 atom stereocenters. The second kappa shape index (κ2) is 5.98. The number of hydrogen-bond acceptors (Lipinski definition) is 4. The Morgan fingerprint density at radius 1 is 1.27 bits per heavy atom. The molecule has 0 saturated heterocycles. The molecule has 26 heavy (non-hydrogen) atoms. The Labute approximate surface area is 149 Å². The Morgan fingerprint density at radius 2 is 1.88 bits per heavy atom. The molecule has 10 heteroatoms. The Kier molecular flexibility index (Phi) is 4.31. The van der Waals surface area contributed by atoms with Gasteiger partial charge in [-0.3, -0.25) is 5.10 Å². The minimum Gasteiger partial charge on any atom is -0.368 e. The van der Waals surface area contributed by atoms with Gasteiger partial charge in [-0.05, 0) is 34.9 Å². The topological polar surface area (TPSA) is 101 Å². The van der Waals surface area contributed by atoms with Gasteiger partial charge in [0.15, 0.2) is 0 Å². The SMILES string of the molecule is CC1(C)C(CNc2cc(C(F)(F)F)[nH]n2)C1c1ccc(S(N)(=O)=O)cc1. The van der Waals surface area contributed by atoms with Gasteiger partial charge < -0.3 is 5.32 Å². The van der Waals surface area contributed by atoms with Crippen LogP contribution in [0.2, 0.25) is 0 Å². The van der Waals surface area contributed by atoms with E-state index in [1.54, 1.807) is 12.1 Å². The summed E-state index contributed by atoms with van der Waals surface area (Å²) in [5.74, 6) is 0.475. The number of aromatic nitrogens is 2. The van der Waals surface area contributed by atoms with Crippen LogP contribution in [0.3, 0.4) is 0 Å². The van der Waals surface area contributed by atoms with E-state index < -0.39 is 21.9 Å². The summed E-state index contributed by atoms with van der Waals surface area (Å²) < 4.78 is 60.4. The van der Waals surface area contributed by atoms with Gasteiger partial charge in [0.1, 0.15) is 11.5 Å². The number of anilines is 1. The van der Waals surface area contributed by atoms with Crippen molar-refractivity contribution in [2.24, 2.45) is 16.5 Å². The van der Waals surface area contributed by atoms with Gasteiger partial charge in [-0.1, -0.05) is 26.0 Å². The van der Waals surface area contributed by atoms with Crippen molar-refractivity contribution in [2.75, 3.05) is 11.9 Å². The highest BCUT2D eigenvalue weighted by atomic mass is 32.2. The number of hydrogen-bond donors (Lipinski definition) is 3. The molecule has 1 fully saturated rings. The number of aromatic amines is 1. The van der Waals surface area contributed by atoms with Crippen molar-refractivity contribution in [1.82, 2.24) is 10.2 Å². The number of H-pyrrole nitrogens is 1. The monoisotopic (exact) mass is 388 g/mol. The largest absolute Gasteiger partial charge is 0.432 e. The highest BCUT2D eigenvalue weighted by Crippen LogP contribution is 2.64. The highest BCUT2D eigenvalue weighted by molar-refractivity contribution is 7.89. The van der Waals surface area contributed by atoms with Crippen molar-refractivity contribution >= 4 is 15.8 Å². The van der Waals surface area contributed by atoms with E-state index in [1.807, 2.05) is 5.10 Å². The number of halogens is 3. The summed E-state index contributed by atoms with van der Waals surface area (Å²) in [7, 11) is -3.74. The summed E-state index contributed by atoms with van der Waals surface area (Å²) in [4.78, 5) is 0.0468. The van der Waals surface area contributed by atoms with Gasteiger partial charge in [0.05, 0.1) is 4.90 Å². The molecule has 1 saturated carbocycles. The molecule has 6 nitrogen and oxygen atoms in total. The van der Waals surface area contributed by atoms with Gasteiger partial charge in [0.2, 0.25) is 10.0 Å². The third-order valence-corrected chi connectivity index (χ3v) is 5.93. The summed E-state index contributed by atoms with van der Waals surface area (Å²) in [6.07, 6.45) is -4.46. The Hall–Kier alpha value is -2.07. The second-order valence-electron chi connectivity index (χ2n) is 7.07. The molecule has 4 N–H and O–H groups in total. The molecule has 0 spiro atoms. The lowest BCUT2D eigenvalue weighted by Gasteiger charge is -2.04. The van der Waals surface area contributed by atoms with Crippen molar-refractivity contribution in [3.63, 3.8) is 0 Å². The van der Waals surface area contributed by atoms with E-state index in [0.29, 0.717) is 6.54 Å². The molecule has 0 amide bonds. The van der Waals surface area contributed by atoms with Crippen molar-refractivity contribution in [3.8, 4) is 0 Å². The Bertz CT molecular complexity index is 904. The predicted molar refractivity (Wildman–Crippen MR) is 89.9 cm³/mol. The van der Waals surface area contributed by atoms with Crippen molar-refractivity contribution in [3.05, 3.63) is 41.6 Å². The van der Waals surface area contributed by atoms with E-state index in [-0.39, 0.29) is 28.0 Å². The van der Waals surface area contributed by atoms with Gasteiger partial charge >= 0.3 is 6.18 Å². The molecule has 2 unspecified atom stereocenters. The Balaban J connectivity index is 1.67. The lowest BCUT2D eigenvalue weighted by Crippen LogP contribution is -2.11. The molecule has 2 aromatic rings. The molecule has 1 aromatic heterocycles. The van der Waals surface area contributed by atoms with Crippen LogP contribution in [0.1, 0.15) is 31.0 Å². The van der Waals surface area contributed by atoms with E-state index in [9.17, 15) is 21.6 Å². The molecular formula is C16H19F3N4O2S. The highest BCUT2D eigenvalue weighted by Gasteiger charge is 2.57. The first-order valence-corrected chi connectivity index (χ1v) is 9.44. The average Bonchev–Trinajstić information content (AvgIpc) is 2.85. The smallest absolute Gasteiger partial charge is 0.368 e. The van der Waals surface area contributed by atoms with E-state index >= 15 is 0 Å². The molecule has 0 aliphatic heterocycles. The van der Waals surface area contributed by atoms with Crippen molar-refractivity contribution in [1.29, 1.82) is 0 Å². The fraction of sp³-hybridized carbons (Fsp3) is 0.438. The van der Waals surface area contributed by atoms with Crippen molar-refractivity contribution < 1.29 is 21.6 Å². The zero-order valence-corrected chi connectivity index (χ0v) is 14.9. The van der Waals surface area contributed by atoms with E-state index in [1.165, 1.54) is 12.1 Å². The summed E-state index contributed by atoms with van der Waals surface area (Å²) in [5.41, 5.74) is -0.00313. The first-order chi connectivity index (χ1) is 11.9. The molecule has 1 aliphatic carbocycles. The van der Waals surface area contributed by atoms with Crippen LogP contribution in [0.5, 0.6) is 0 Å². The normalized spacial score (nSPS) is 22.2. The predicted octanol–water partition coefficient (Wildman–Crippen LogP) is 2.93. The van der Waals surface area contributed by atoms with E-state index in [0.717, 1.165) is 11.6 Å². The summed E-state index contributed by atoms with van der Waals surface area (Å²) in [6.45, 7) is 4.57. The molecular weight excluding hydrogens is 369 g/mol. The Morgan fingerprint density at radius 3 is 2.38 bits per heavy atom. The van der Waals surface area contributed by atoms with E-state index in [4.69, 9.17) is 5.14 Å². The van der Waals surface area contributed by atoms with Gasteiger partial charge in [-0.2, -0.15) is 18.3 Å². The van der Waals surface area contributed by atoms with Crippen LogP contribution in [0.25, 0.3) is 0 Å². The fourth-order valence-corrected chi connectivity index (χ4v) is 3.94. The number of nitrogens with zero attached hydrogens (tertiary/aromatic N) is 1. The fourth-order valence-electron chi connectivity index (χ4n) is 3.42. The number of sulfonamides is 1. The first kappa shape index (κ1) is 18.7. The third-order valence-electron chi connectivity index (χ3n) is 5.00. The number of rotatable bonds is 5. The molecule has 3 rings (SSSR count). The van der Waals surface area contributed by atoms with Crippen molar-refractivity contribution in [2.45, 2.75) is 30.8 Å². The van der Waals surface area contributed by atoms with Gasteiger partial charge in [0, 0.05) is 12.6 Å². The number of primary sulfonamides is 1. The molecule has 142 valence electrons. The van der Waals surface area contributed by atoms with Crippen LogP contribution in [0.15, 0.2) is 35.2 Å². The number of benzene rings is 1. The van der Waals surface area contributed by atoms with Crippen LogP contribution < -0.4 is 10.5 Å². The third kappa shape index (κ3) is 3.56. The van der Waals surface area contributed by atoms with Crippen LogP contribution in [0, 0.1) is 11.3 Å². The van der Waals surface area contributed by atoms with Crippen LogP contribution in [-0.2, 0) is 16.2 Å². The second-order valence-corrected chi connectivity index (χ2v) is 8.63. The molecule has 1 aromatic carbocycles. The van der Waals surface area contributed by atoms with Crippen LogP contribution in [0.4, 0.5) is 19.0 Å². The molecule has 1 aliphatic rings. The number of alkyl halides is 3. The maximum atomic E-state index is 12.6. The first-order valence-electron chi connectivity index (χ1n) is 7.90. The summed E-state index contributed by atoms with van der Waals surface area (Å²) in [5, 5.41) is 13.6. The zero-order chi connectivity index (χ0) is 19.3. The average molecular weight is 388 g/mol. The van der Waals surface area contributed by atoms with Crippen LogP contribution >= 0.6 is 0 Å². The summed E-state index contributed by atoms with van der Waals surface area (Å²) >= 11 is 0. The maximum absolute atomic E-state index is 12.6. The maximum Gasteiger partial charge on any atom is 0.432 e. The standard InChI is InChI=1S/C16H19F3N4O2S/c1-15(2)11(8-21-13-7-12(22-23-13)16(17,18)19)14(15)9-3-5-10(6-4-9)26(20,24)25/h3-7,11,14H,8H2,1-2H3,(H2,20,24,25)(H2,21,22,23). The quantitative estimate of drug-likeness (QED) is 0.733. The van der Waals surface area contributed by atoms with Crippen LogP contribution in [-0.4, -0.2) is 25.2 Å². The zero-order valence-electron chi connectivity index (χ0n) is 14.1. The molecule has 0 radical (unpaired) electrons. The number of nitrogens with two attached hydrogens (primary N) is 1. The molecule has 0 bridgehead atoms. The minimum atomic E-state index is -4.46. The van der Waals surface area contributed by atoms with Gasteiger partial charge in [0.25, 0.3) is 0 Å². The minimum absolute atomic E-state index is 0.0468. The van der Waals surface area contributed by atoms with Gasteiger partial charge in [-0.25, -0.2) is 13.6 Å². The lowest BCUT2D eigenvalue weighted by atomic mass is 10.0. The molecule has 1 heterocycles.